The molecular formula is C24H20N6OS2. The van der Waals surface area contributed by atoms with Crippen molar-refractivity contribution in [2.75, 3.05) is 5.32 Å². The summed E-state index contributed by atoms with van der Waals surface area (Å²) in [5.74, 6) is 0.231. The molecule has 0 aliphatic rings. The molecular weight excluding hydrogens is 452 g/mol. The number of carbonyl (C=O) groups excluding carboxylic acids is 1. The predicted molar refractivity (Wildman–Crippen MR) is 133 cm³/mol. The molecule has 9 heteroatoms. The number of hydrogen-bond acceptors (Lipinski definition) is 5. The molecule has 1 amide bonds. The minimum Gasteiger partial charge on any atom is -0.295 e. The molecule has 0 spiro atoms. The Labute approximate surface area is 199 Å². The van der Waals surface area contributed by atoms with Gasteiger partial charge in [-0.15, -0.1) is 16.4 Å². The fourth-order valence-electron chi connectivity index (χ4n) is 3.47. The second-order valence-corrected chi connectivity index (χ2v) is 8.85. The van der Waals surface area contributed by atoms with Gasteiger partial charge in [-0.3, -0.25) is 19.2 Å². The predicted octanol–water partition coefficient (Wildman–Crippen LogP) is 5.46. The fourth-order valence-corrected chi connectivity index (χ4v) is 4.35. The van der Waals surface area contributed by atoms with Crippen LogP contribution in [0.4, 0.5) is 5.95 Å². The molecule has 0 bridgehead atoms. The van der Waals surface area contributed by atoms with Crippen LogP contribution in [0.2, 0.25) is 0 Å². The Morgan fingerprint density at radius 1 is 1.09 bits per heavy atom. The summed E-state index contributed by atoms with van der Waals surface area (Å²) >= 11 is 6.96. The van der Waals surface area contributed by atoms with Gasteiger partial charge in [0, 0.05) is 11.9 Å². The number of nitrogens with zero attached hydrogens (tertiary/aromatic N) is 4. The third-order valence-electron chi connectivity index (χ3n) is 5.16. The Morgan fingerprint density at radius 2 is 1.88 bits per heavy atom. The molecule has 3 heterocycles. The summed E-state index contributed by atoms with van der Waals surface area (Å²) in [7, 11) is 0. The molecule has 0 unspecified atom stereocenters. The normalized spacial score (nSPS) is 10.9. The van der Waals surface area contributed by atoms with E-state index in [0.717, 1.165) is 27.4 Å². The summed E-state index contributed by atoms with van der Waals surface area (Å²) in [5.41, 5.74) is 3.77. The highest BCUT2D eigenvalue weighted by Gasteiger charge is 2.21. The summed E-state index contributed by atoms with van der Waals surface area (Å²) in [6.07, 6.45) is 1.88. The van der Waals surface area contributed by atoms with Gasteiger partial charge in [0.25, 0.3) is 5.91 Å². The minimum absolute atomic E-state index is 0.266. The second kappa shape index (κ2) is 8.97. The van der Waals surface area contributed by atoms with E-state index in [1.54, 1.807) is 20.5 Å². The number of carbonyl (C=O) groups is 1. The monoisotopic (exact) mass is 472 g/mol. The molecule has 0 radical (unpaired) electrons. The Hall–Kier alpha value is -3.82. The SMILES string of the molecule is Cc1ccc(-n2cc(-c3cccs3)nc2C(=O)Nc2n[nH]c(=S)n2Cc2ccccc2)cc1. The molecule has 0 saturated heterocycles. The molecule has 0 aliphatic carbocycles. The van der Waals surface area contributed by atoms with Crippen molar-refractivity contribution < 1.29 is 4.79 Å². The van der Waals surface area contributed by atoms with Crippen LogP contribution in [-0.4, -0.2) is 30.2 Å². The van der Waals surface area contributed by atoms with Crippen molar-refractivity contribution in [1.29, 1.82) is 0 Å². The highest BCUT2D eigenvalue weighted by atomic mass is 32.1. The fraction of sp³-hybridized carbons (Fsp3) is 0.0833. The van der Waals surface area contributed by atoms with Gasteiger partial charge in [0.1, 0.15) is 0 Å². The molecule has 33 heavy (non-hydrogen) atoms. The van der Waals surface area contributed by atoms with E-state index in [-0.39, 0.29) is 11.7 Å². The number of rotatable bonds is 6. The zero-order valence-corrected chi connectivity index (χ0v) is 19.4. The summed E-state index contributed by atoms with van der Waals surface area (Å²) in [4.78, 5) is 19.0. The number of aryl methyl sites for hydroxylation is 1. The van der Waals surface area contributed by atoms with Crippen molar-refractivity contribution in [3.8, 4) is 16.3 Å². The lowest BCUT2D eigenvalue weighted by Gasteiger charge is -2.10. The third kappa shape index (κ3) is 4.41. The van der Waals surface area contributed by atoms with Gasteiger partial charge in [-0.25, -0.2) is 10.1 Å². The van der Waals surface area contributed by atoms with E-state index in [9.17, 15) is 4.79 Å². The Bertz CT molecular complexity index is 1450. The first-order valence-electron chi connectivity index (χ1n) is 10.3. The van der Waals surface area contributed by atoms with Crippen LogP contribution in [-0.2, 0) is 6.54 Å². The molecule has 164 valence electrons. The van der Waals surface area contributed by atoms with Gasteiger partial charge >= 0.3 is 0 Å². The summed E-state index contributed by atoms with van der Waals surface area (Å²) in [6, 6.07) is 21.8. The van der Waals surface area contributed by atoms with E-state index in [1.165, 1.54) is 0 Å². The topological polar surface area (TPSA) is 80.5 Å². The number of benzene rings is 2. The standard InChI is InChI=1S/C24H20N6OS2/c1-16-9-11-18(12-10-16)29-15-19(20-8-5-13-33-20)25-21(29)22(31)26-23-27-28-24(32)30(23)14-17-6-3-2-4-7-17/h2-13,15H,14H2,1H3,(H,28,32)(H,26,27,31). The number of amides is 1. The summed E-state index contributed by atoms with van der Waals surface area (Å²) in [5, 5.41) is 11.9. The molecule has 5 rings (SSSR count). The van der Waals surface area contributed by atoms with Gasteiger partial charge in [0.2, 0.25) is 11.8 Å². The van der Waals surface area contributed by atoms with Gasteiger partial charge in [-0.1, -0.05) is 54.1 Å². The first kappa shape index (κ1) is 21.0. The van der Waals surface area contributed by atoms with E-state index in [4.69, 9.17) is 12.2 Å². The van der Waals surface area contributed by atoms with Crippen LogP contribution in [0.5, 0.6) is 0 Å². The number of aromatic nitrogens is 5. The van der Waals surface area contributed by atoms with Gasteiger partial charge in [0.15, 0.2) is 4.77 Å². The molecule has 0 saturated carbocycles. The quantitative estimate of drug-likeness (QED) is 0.322. The van der Waals surface area contributed by atoms with Crippen molar-refractivity contribution in [2.45, 2.75) is 13.5 Å². The van der Waals surface area contributed by atoms with Crippen LogP contribution in [0, 0.1) is 11.7 Å². The molecule has 2 aromatic carbocycles. The third-order valence-corrected chi connectivity index (χ3v) is 6.37. The summed E-state index contributed by atoms with van der Waals surface area (Å²) in [6.45, 7) is 2.51. The highest BCUT2D eigenvalue weighted by molar-refractivity contribution is 7.71. The van der Waals surface area contributed by atoms with Crippen LogP contribution in [0.3, 0.4) is 0 Å². The van der Waals surface area contributed by atoms with Crippen LogP contribution in [0.15, 0.2) is 78.3 Å². The smallest absolute Gasteiger partial charge is 0.294 e. The lowest BCUT2D eigenvalue weighted by molar-refractivity contribution is 0.101. The first-order chi connectivity index (χ1) is 16.1. The molecule has 3 aromatic heterocycles. The second-order valence-electron chi connectivity index (χ2n) is 7.51. The maximum absolute atomic E-state index is 13.4. The van der Waals surface area contributed by atoms with E-state index >= 15 is 0 Å². The number of nitrogens with one attached hydrogen (secondary N) is 2. The van der Waals surface area contributed by atoms with Crippen molar-refractivity contribution >= 4 is 35.4 Å². The first-order valence-corrected chi connectivity index (χ1v) is 11.6. The van der Waals surface area contributed by atoms with Gasteiger partial charge in [0.05, 0.1) is 17.1 Å². The molecule has 7 nitrogen and oxygen atoms in total. The minimum atomic E-state index is -0.373. The van der Waals surface area contributed by atoms with E-state index in [0.29, 0.717) is 17.3 Å². The number of anilines is 1. The van der Waals surface area contributed by atoms with Crippen molar-refractivity contribution in [1.82, 2.24) is 24.3 Å². The maximum Gasteiger partial charge on any atom is 0.294 e. The molecule has 2 N–H and O–H groups in total. The van der Waals surface area contributed by atoms with Crippen molar-refractivity contribution in [2.24, 2.45) is 0 Å². The average molecular weight is 473 g/mol. The van der Waals surface area contributed by atoms with Crippen LogP contribution >= 0.6 is 23.6 Å². The van der Waals surface area contributed by atoms with Gasteiger partial charge < -0.3 is 0 Å². The van der Waals surface area contributed by atoms with Crippen LogP contribution in [0.25, 0.3) is 16.3 Å². The number of aromatic amines is 1. The van der Waals surface area contributed by atoms with Crippen molar-refractivity contribution in [3.05, 3.63) is 100 Å². The molecule has 0 aliphatic heterocycles. The average Bonchev–Trinajstić information content (AvgIpc) is 3.57. The van der Waals surface area contributed by atoms with E-state index in [2.05, 4.69) is 20.5 Å². The number of H-pyrrole nitrogens is 1. The molecule has 5 aromatic rings. The zero-order valence-electron chi connectivity index (χ0n) is 17.7. The lowest BCUT2D eigenvalue weighted by atomic mass is 10.2. The number of hydrogen-bond donors (Lipinski definition) is 2. The molecule has 0 fully saturated rings. The number of thiophene rings is 1. The van der Waals surface area contributed by atoms with Crippen molar-refractivity contribution in [3.63, 3.8) is 0 Å². The Morgan fingerprint density at radius 3 is 2.61 bits per heavy atom. The zero-order chi connectivity index (χ0) is 22.8. The van der Waals surface area contributed by atoms with E-state index < -0.39 is 0 Å². The van der Waals surface area contributed by atoms with Gasteiger partial charge in [-0.05, 0) is 48.3 Å². The lowest BCUT2D eigenvalue weighted by Crippen LogP contribution is -2.20. The van der Waals surface area contributed by atoms with Crippen LogP contribution < -0.4 is 5.32 Å². The van der Waals surface area contributed by atoms with Gasteiger partial charge in [-0.2, -0.15) is 0 Å². The highest BCUT2D eigenvalue weighted by Crippen LogP contribution is 2.26. The number of imidazole rings is 1. The summed E-state index contributed by atoms with van der Waals surface area (Å²) < 4.78 is 3.98. The maximum atomic E-state index is 13.4. The Balaban J connectivity index is 1.50. The molecule has 0 atom stereocenters. The largest absolute Gasteiger partial charge is 0.295 e. The van der Waals surface area contributed by atoms with Crippen LogP contribution in [0.1, 0.15) is 21.7 Å². The van der Waals surface area contributed by atoms with E-state index in [1.807, 2.05) is 85.2 Å². The Kier molecular flexibility index (Phi) is 5.72.